The minimum absolute atomic E-state index is 0.118. The van der Waals surface area contributed by atoms with Gasteiger partial charge in [-0.05, 0) is 37.5 Å². The van der Waals surface area contributed by atoms with Crippen LogP contribution in [0.15, 0.2) is 0 Å². The fraction of sp³-hybridized carbons (Fsp3) is 1.00. The molecule has 0 bridgehead atoms. The third-order valence-electron chi connectivity index (χ3n) is 4.75. The summed E-state index contributed by atoms with van der Waals surface area (Å²) in [6, 6.07) is 0.537. The molecule has 106 valence electrons. The van der Waals surface area contributed by atoms with Crippen LogP contribution in [0.3, 0.4) is 0 Å². The third kappa shape index (κ3) is 3.27. The Bertz CT molecular complexity index is 364. The van der Waals surface area contributed by atoms with Crippen LogP contribution in [0.25, 0.3) is 0 Å². The highest BCUT2D eigenvalue weighted by Crippen LogP contribution is 2.30. The lowest BCUT2D eigenvalue weighted by Gasteiger charge is -2.35. The van der Waals surface area contributed by atoms with Crippen LogP contribution >= 0.6 is 0 Å². The molecule has 0 radical (unpaired) electrons. The molecule has 3 nitrogen and oxygen atoms in total. The molecule has 1 aliphatic carbocycles. The van der Waals surface area contributed by atoms with Crippen LogP contribution in [-0.2, 0) is 9.84 Å². The molecule has 2 aliphatic rings. The lowest BCUT2D eigenvalue weighted by atomic mass is 9.78. The zero-order chi connectivity index (χ0) is 13.2. The van der Waals surface area contributed by atoms with E-state index in [1.807, 2.05) is 0 Å². The molecular weight excluding hydrogens is 246 g/mol. The van der Waals surface area contributed by atoms with Crippen molar-refractivity contribution in [3.63, 3.8) is 0 Å². The summed E-state index contributed by atoms with van der Waals surface area (Å²) in [5, 5.41) is 3.45. The van der Waals surface area contributed by atoms with Crippen molar-refractivity contribution in [3.8, 4) is 0 Å². The Hall–Kier alpha value is -0.0900. The molecule has 1 heterocycles. The van der Waals surface area contributed by atoms with Crippen molar-refractivity contribution in [1.29, 1.82) is 0 Å². The molecule has 3 atom stereocenters. The third-order valence-corrected chi connectivity index (χ3v) is 7.02. The highest BCUT2D eigenvalue weighted by molar-refractivity contribution is 7.92. The van der Waals surface area contributed by atoms with Crippen LogP contribution in [0.2, 0.25) is 0 Å². The molecule has 0 aromatic rings. The maximum absolute atomic E-state index is 11.8. The molecule has 0 spiro atoms. The van der Waals surface area contributed by atoms with Gasteiger partial charge in [-0.1, -0.05) is 26.7 Å². The molecule has 1 saturated carbocycles. The van der Waals surface area contributed by atoms with Crippen LogP contribution in [0.1, 0.15) is 52.4 Å². The monoisotopic (exact) mass is 273 g/mol. The lowest BCUT2D eigenvalue weighted by Crippen LogP contribution is -2.44. The van der Waals surface area contributed by atoms with Crippen LogP contribution in [0.5, 0.6) is 0 Å². The molecule has 2 fully saturated rings. The standard InChI is InChI=1S/C14H27NO2S/c1-11(2)13-7-3-4-8-14(13)15-10-12-6-5-9-18(12,16)17/h11-15H,3-10H2,1-2H3. The first-order valence-electron chi connectivity index (χ1n) is 7.45. The predicted octanol–water partition coefficient (Wildman–Crippen LogP) is 2.37. The molecule has 18 heavy (non-hydrogen) atoms. The van der Waals surface area contributed by atoms with Gasteiger partial charge in [0.1, 0.15) is 0 Å². The molecule has 3 unspecified atom stereocenters. The summed E-state index contributed by atoms with van der Waals surface area (Å²) in [5.74, 6) is 1.82. The fourth-order valence-electron chi connectivity index (χ4n) is 3.58. The summed E-state index contributed by atoms with van der Waals surface area (Å²) in [6.07, 6.45) is 6.85. The highest BCUT2D eigenvalue weighted by atomic mass is 32.2. The minimum Gasteiger partial charge on any atom is -0.312 e. The number of rotatable bonds is 4. The maximum atomic E-state index is 11.8. The quantitative estimate of drug-likeness (QED) is 0.855. The Morgan fingerprint density at radius 2 is 1.83 bits per heavy atom. The van der Waals surface area contributed by atoms with Crippen LogP contribution < -0.4 is 5.32 Å². The normalized spacial score (nSPS) is 36.1. The molecule has 1 saturated heterocycles. The van der Waals surface area contributed by atoms with E-state index in [2.05, 4.69) is 19.2 Å². The first-order valence-corrected chi connectivity index (χ1v) is 9.17. The fourth-order valence-corrected chi connectivity index (χ4v) is 5.36. The summed E-state index contributed by atoms with van der Waals surface area (Å²) < 4.78 is 23.6. The average molecular weight is 273 g/mol. The predicted molar refractivity (Wildman–Crippen MR) is 75.4 cm³/mol. The average Bonchev–Trinajstić information content (AvgIpc) is 2.66. The van der Waals surface area contributed by atoms with Gasteiger partial charge in [-0.15, -0.1) is 0 Å². The SMILES string of the molecule is CC(C)C1CCCCC1NCC1CCCS1(=O)=O. The van der Waals surface area contributed by atoms with Crippen molar-refractivity contribution in [2.24, 2.45) is 11.8 Å². The zero-order valence-electron chi connectivity index (χ0n) is 11.7. The molecule has 1 N–H and O–H groups in total. The smallest absolute Gasteiger partial charge is 0.154 e. The molecule has 0 aromatic carbocycles. The second-order valence-corrected chi connectivity index (χ2v) is 8.74. The second kappa shape index (κ2) is 5.91. The van der Waals surface area contributed by atoms with Gasteiger partial charge in [-0.25, -0.2) is 8.42 Å². The summed E-state index contributed by atoms with van der Waals surface area (Å²) >= 11 is 0. The topological polar surface area (TPSA) is 46.2 Å². The highest BCUT2D eigenvalue weighted by Gasteiger charge is 2.33. The Morgan fingerprint density at radius 1 is 1.11 bits per heavy atom. The lowest BCUT2D eigenvalue weighted by molar-refractivity contribution is 0.206. The van der Waals surface area contributed by atoms with Crippen LogP contribution in [0.4, 0.5) is 0 Å². The summed E-state index contributed by atoms with van der Waals surface area (Å²) in [7, 11) is -2.79. The van der Waals surface area contributed by atoms with Gasteiger partial charge < -0.3 is 5.32 Å². The van der Waals surface area contributed by atoms with Crippen LogP contribution in [0, 0.1) is 11.8 Å². The Balaban J connectivity index is 1.88. The maximum Gasteiger partial charge on any atom is 0.154 e. The van der Waals surface area contributed by atoms with Crippen LogP contribution in [-0.4, -0.2) is 32.0 Å². The molecule has 0 amide bonds. The van der Waals surface area contributed by atoms with E-state index in [9.17, 15) is 8.42 Å². The molecular formula is C14H27NO2S. The van der Waals surface area contributed by atoms with Gasteiger partial charge in [0.2, 0.25) is 0 Å². The van der Waals surface area contributed by atoms with E-state index in [0.29, 0.717) is 24.3 Å². The summed E-state index contributed by atoms with van der Waals surface area (Å²) in [6.45, 7) is 5.25. The zero-order valence-corrected chi connectivity index (χ0v) is 12.5. The first-order chi connectivity index (χ1) is 8.50. The van der Waals surface area contributed by atoms with Gasteiger partial charge >= 0.3 is 0 Å². The van der Waals surface area contributed by atoms with E-state index in [1.165, 1.54) is 25.7 Å². The largest absolute Gasteiger partial charge is 0.312 e. The van der Waals surface area contributed by atoms with Crippen molar-refractivity contribution in [2.75, 3.05) is 12.3 Å². The van der Waals surface area contributed by atoms with E-state index in [1.54, 1.807) is 0 Å². The van der Waals surface area contributed by atoms with E-state index < -0.39 is 9.84 Å². The van der Waals surface area contributed by atoms with Crippen molar-refractivity contribution < 1.29 is 8.42 Å². The Labute approximate surface area is 112 Å². The van der Waals surface area contributed by atoms with Gasteiger partial charge in [0, 0.05) is 12.6 Å². The van der Waals surface area contributed by atoms with E-state index in [4.69, 9.17) is 0 Å². The molecule has 2 rings (SSSR count). The first kappa shape index (κ1) is 14.3. The van der Waals surface area contributed by atoms with Crippen molar-refractivity contribution in [1.82, 2.24) is 5.32 Å². The van der Waals surface area contributed by atoms with E-state index in [0.717, 1.165) is 18.8 Å². The van der Waals surface area contributed by atoms with Crippen molar-refractivity contribution >= 4 is 9.84 Å². The van der Waals surface area contributed by atoms with Gasteiger partial charge in [-0.3, -0.25) is 0 Å². The second-order valence-electron chi connectivity index (χ2n) is 6.34. The number of nitrogens with one attached hydrogen (secondary N) is 1. The van der Waals surface area contributed by atoms with Crippen molar-refractivity contribution in [3.05, 3.63) is 0 Å². The summed E-state index contributed by atoms with van der Waals surface area (Å²) in [5.41, 5.74) is 0. The van der Waals surface area contributed by atoms with Gasteiger partial charge in [0.25, 0.3) is 0 Å². The Morgan fingerprint density at radius 3 is 2.44 bits per heavy atom. The number of hydrogen-bond acceptors (Lipinski definition) is 3. The molecule has 4 heteroatoms. The molecule has 1 aliphatic heterocycles. The molecule has 0 aromatic heterocycles. The van der Waals surface area contributed by atoms with Crippen molar-refractivity contribution in [2.45, 2.75) is 63.7 Å². The number of sulfone groups is 1. The van der Waals surface area contributed by atoms with Gasteiger partial charge in [0.15, 0.2) is 9.84 Å². The summed E-state index contributed by atoms with van der Waals surface area (Å²) in [4.78, 5) is 0. The van der Waals surface area contributed by atoms with Gasteiger partial charge in [-0.2, -0.15) is 0 Å². The van der Waals surface area contributed by atoms with Gasteiger partial charge in [0.05, 0.1) is 11.0 Å². The van der Waals surface area contributed by atoms with E-state index >= 15 is 0 Å². The number of hydrogen-bond donors (Lipinski definition) is 1. The Kier molecular flexibility index (Phi) is 4.70. The minimum atomic E-state index is -2.79. The van der Waals surface area contributed by atoms with E-state index in [-0.39, 0.29) is 5.25 Å².